The number of rotatable bonds is 8. The Bertz CT molecular complexity index is 1350. The lowest BCUT2D eigenvalue weighted by Gasteiger charge is -2.32. The first-order chi connectivity index (χ1) is 17.3. The van der Waals surface area contributed by atoms with E-state index < -0.39 is 16.1 Å². The quantitative estimate of drug-likeness (QED) is 0.486. The number of carbonyl (C=O) groups is 2. The molecule has 1 aliphatic heterocycles. The van der Waals surface area contributed by atoms with E-state index in [1.807, 2.05) is 54.6 Å². The molecule has 0 aromatic heterocycles. The van der Waals surface area contributed by atoms with Crippen molar-refractivity contribution in [3.8, 4) is 5.75 Å². The molecule has 190 valence electrons. The van der Waals surface area contributed by atoms with Crippen molar-refractivity contribution in [1.82, 2.24) is 14.9 Å². The van der Waals surface area contributed by atoms with Gasteiger partial charge in [0.25, 0.3) is 0 Å². The molecule has 3 aromatic rings. The number of para-hydroxylation sites is 1. The molecule has 2 N–H and O–H groups in total. The SMILES string of the molecule is COc1ccccc1C[C@H](NC(C)=O)C(=O)NC1CCN(S(=O)(=O)c2ccc3ccccc3c2)CC1. The number of benzene rings is 3. The Morgan fingerprint density at radius 3 is 2.36 bits per heavy atom. The van der Waals surface area contributed by atoms with Crippen molar-refractivity contribution in [2.45, 2.75) is 43.2 Å². The van der Waals surface area contributed by atoms with Crippen LogP contribution in [0.1, 0.15) is 25.3 Å². The molecule has 1 fully saturated rings. The van der Waals surface area contributed by atoms with Crippen molar-refractivity contribution in [2.24, 2.45) is 0 Å². The predicted octanol–water partition coefficient (Wildman–Crippen LogP) is 2.87. The van der Waals surface area contributed by atoms with Crippen LogP contribution >= 0.6 is 0 Å². The molecule has 1 aliphatic rings. The van der Waals surface area contributed by atoms with E-state index >= 15 is 0 Å². The van der Waals surface area contributed by atoms with Crippen molar-refractivity contribution in [1.29, 1.82) is 0 Å². The van der Waals surface area contributed by atoms with Gasteiger partial charge in [0.1, 0.15) is 11.8 Å². The number of nitrogens with one attached hydrogen (secondary N) is 2. The van der Waals surface area contributed by atoms with E-state index in [1.165, 1.54) is 11.2 Å². The van der Waals surface area contributed by atoms with Crippen LogP contribution in [0.3, 0.4) is 0 Å². The molecular weight excluding hydrogens is 478 g/mol. The van der Waals surface area contributed by atoms with E-state index in [4.69, 9.17) is 4.74 Å². The first-order valence-electron chi connectivity index (χ1n) is 12.0. The summed E-state index contributed by atoms with van der Waals surface area (Å²) in [7, 11) is -2.07. The summed E-state index contributed by atoms with van der Waals surface area (Å²) in [5.74, 6) is 0.0427. The van der Waals surface area contributed by atoms with Crippen LogP contribution < -0.4 is 15.4 Å². The smallest absolute Gasteiger partial charge is 0.243 e. The fraction of sp³-hybridized carbons (Fsp3) is 0.333. The third-order valence-electron chi connectivity index (χ3n) is 6.47. The molecule has 0 unspecified atom stereocenters. The van der Waals surface area contributed by atoms with Crippen LogP contribution in [0.25, 0.3) is 10.8 Å². The van der Waals surface area contributed by atoms with Crippen LogP contribution in [0.2, 0.25) is 0 Å². The number of hydrogen-bond donors (Lipinski definition) is 2. The highest BCUT2D eigenvalue weighted by Crippen LogP contribution is 2.25. The zero-order chi connectivity index (χ0) is 25.7. The van der Waals surface area contributed by atoms with Crippen molar-refractivity contribution >= 4 is 32.6 Å². The zero-order valence-electron chi connectivity index (χ0n) is 20.4. The molecule has 1 heterocycles. The van der Waals surface area contributed by atoms with E-state index in [1.54, 1.807) is 19.2 Å². The molecule has 0 saturated carbocycles. The Kier molecular flexibility index (Phi) is 7.91. The molecule has 4 rings (SSSR count). The number of fused-ring (bicyclic) bond motifs is 1. The van der Waals surface area contributed by atoms with E-state index in [0.717, 1.165) is 16.3 Å². The summed E-state index contributed by atoms with van der Waals surface area (Å²) in [5, 5.41) is 7.59. The second kappa shape index (κ2) is 11.1. The number of hydrogen-bond acceptors (Lipinski definition) is 5. The van der Waals surface area contributed by atoms with Gasteiger partial charge in [-0.15, -0.1) is 0 Å². The van der Waals surface area contributed by atoms with Crippen LogP contribution in [-0.4, -0.2) is 56.8 Å². The van der Waals surface area contributed by atoms with Crippen LogP contribution in [0.4, 0.5) is 0 Å². The maximum absolute atomic E-state index is 13.2. The summed E-state index contributed by atoms with van der Waals surface area (Å²) in [6.07, 6.45) is 1.25. The number of ether oxygens (including phenoxy) is 1. The molecular formula is C27H31N3O5S. The molecule has 0 aliphatic carbocycles. The normalized spacial score (nSPS) is 15.8. The van der Waals surface area contributed by atoms with Gasteiger partial charge in [0, 0.05) is 32.5 Å². The summed E-state index contributed by atoms with van der Waals surface area (Å²) in [5.41, 5.74) is 0.810. The monoisotopic (exact) mass is 509 g/mol. The van der Waals surface area contributed by atoms with Gasteiger partial charge in [0.2, 0.25) is 21.8 Å². The Hall–Kier alpha value is -3.43. The summed E-state index contributed by atoms with van der Waals surface area (Å²) >= 11 is 0. The molecule has 0 radical (unpaired) electrons. The lowest BCUT2D eigenvalue weighted by atomic mass is 10.0. The molecule has 0 bridgehead atoms. The molecule has 9 heteroatoms. The van der Waals surface area contributed by atoms with Gasteiger partial charge in [0.15, 0.2) is 0 Å². The number of nitrogens with zero attached hydrogens (tertiary/aromatic N) is 1. The number of piperidine rings is 1. The fourth-order valence-electron chi connectivity index (χ4n) is 4.57. The van der Waals surface area contributed by atoms with Crippen LogP contribution in [0, 0.1) is 0 Å². The van der Waals surface area contributed by atoms with E-state index in [9.17, 15) is 18.0 Å². The first kappa shape index (κ1) is 25.7. The third-order valence-corrected chi connectivity index (χ3v) is 8.36. The molecule has 1 saturated heterocycles. The van der Waals surface area contributed by atoms with E-state index in [2.05, 4.69) is 10.6 Å². The Morgan fingerprint density at radius 2 is 1.67 bits per heavy atom. The van der Waals surface area contributed by atoms with Crippen molar-refractivity contribution in [3.05, 3.63) is 72.3 Å². The van der Waals surface area contributed by atoms with Gasteiger partial charge in [-0.25, -0.2) is 8.42 Å². The number of amides is 2. The Labute approximate surface area is 211 Å². The first-order valence-corrected chi connectivity index (χ1v) is 13.4. The highest BCUT2D eigenvalue weighted by atomic mass is 32.2. The van der Waals surface area contributed by atoms with Crippen molar-refractivity contribution in [2.75, 3.05) is 20.2 Å². The maximum Gasteiger partial charge on any atom is 0.243 e. The largest absolute Gasteiger partial charge is 0.496 e. The van der Waals surface area contributed by atoms with Gasteiger partial charge in [0.05, 0.1) is 12.0 Å². The summed E-state index contributed by atoms with van der Waals surface area (Å²) < 4.78 is 33.3. The fourth-order valence-corrected chi connectivity index (χ4v) is 6.07. The van der Waals surface area contributed by atoms with Gasteiger partial charge >= 0.3 is 0 Å². The van der Waals surface area contributed by atoms with Crippen LogP contribution in [0.5, 0.6) is 5.75 Å². The topological polar surface area (TPSA) is 105 Å². The van der Waals surface area contributed by atoms with Crippen LogP contribution in [-0.2, 0) is 26.0 Å². The van der Waals surface area contributed by atoms with Gasteiger partial charge in [-0.05, 0) is 47.4 Å². The van der Waals surface area contributed by atoms with Gasteiger partial charge in [-0.3, -0.25) is 9.59 Å². The maximum atomic E-state index is 13.2. The molecule has 0 spiro atoms. The highest BCUT2D eigenvalue weighted by molar-refractivity contribution is 7.89. The third kappa shape index (κ3) is 5.85. The van der Waals surface area contributed by atoms with E-state index in [0.29, 0.717) is 31.7 Å². The van der Waals surface area contributed by atoms with Crippen LogP contribution in [0.15, 0.2) is 71.6 Å². The predicted molar refractivity (Wildman–Crippen MR) is 138 cm³/mol. The summed E-state index contributed by atoms with van der Waals surface area (Å²) in [4.78, 5) is 25.1. The Balaban J connectivity index is 1.39. The van der Waals surface area contributed by atoms with Crippen molar-refractivity contribution < 1.29 is 22.7 Å². The Morgan fingerprint density at radius 1 is 1.00 bits per heavy atom. The average Bonchev–Trinajstić information content (AvgIpc) is 2.88. The standard InChI is InChI=1S/C27H31N3O5S/c1-19(31)28-25(18-22-9-5-6-10-26(22)35-2)27(32)29-23-13-15-30(16-14-23)36(33,34)24-12-11-20-7-3-4-8-21(20)17-24/h3-12,17,23,25H,13-16,18H2,1-2H3,(H,28,31)(H,29,32)/t25-/m0/s1. The minimum Gasteiger partial charge on any atom is -0.496 e. The number of sulfonamides is 1. The molecule has 3 aromatic carbocycles. The molecule has 8 nitrogen and oxygen atoms in total. The number of carbonyl (C=O) groups excluding carboxylic acids is 2. The molecule has 2 amide bonds. The molecule has 1 atom stereocenters. The van der Waals surface area contributed by atoms with Crippen molar-refractivity contribution in [3.63, 3.8) is 0 Å². The van der Waals surface area contributed by atoms with Gasteiger partial charge < -0.3 is 15.4 Å². The van der Waals surface area contributed by atoms with Gasteiger partial charge in [-0.1, -0.05) is 48.5 Å². The summed E-state index contributed by atoms with van der Waals surface area (Å²) in [6.45, 7) is 1.98. The highest BCUT2D eigenvalue weighted by Gasteiger charge is 2.31. The lowest BCUT2D eigenvalue weighted by Crippen LogP contribution is -2.53. The second-order valence-corrected chi connectivity index (χ2v) is 10.9. The summed E-state index contributed by atoms with van der Waals surface area (Å²) in [6, 6.07) is 19.2. The zero-order valence-corrected chi connectivity index (χ0v) is 21.3. The number of methoxy groups -OCH3 is 1. The average molecular weight is 510 g/mol. The minimum atomic E-state index is -3.64. The molecule has 36 heavy (non-hydrogen) atoms. The minimum absolute atomic E-state index is 0.186. The van der Waals surface area contributed by atoms with E-state index in [-0.39, 0.29) is 29.2 Å². The lowest BCUT2D eigenvalue weighted by molar-refractivity contribution is -0.128. The van der Waals surface area contributed by atoms with Gasteiger partial charge in [-0.2, -0.15) is 4.31 Å². The second-order valence-electron chi connectivity index (χ2n) is 8.96.